The maximum Gasteiger partial charge on any atom is 0.255 e. The van der Waals surface area contributed by atoms with Crippen LogP contribution in [0.1, 0.15) is 36.2 Å². The van der Waals surface area contributed by atoms with E-state index in [4.69, 9.17) is 10.5 Å². The second-order valence-electron chi connectivity index (χ2n) is 5.39. The van der Waals surface area contributed by atoms with E-state index in [2.05, 4.69) is 12.2 Å². The Morgan fingerprint density at radius 3 is 2.50 bits per heavy atom. The van der Waals surface area contributed by atoms with Crippen molar-refractivity contribution in [3.05, 3.63) is 53.6 Å². The third-order valence-corrected chi connectivity index (χ3v) is 3.53. The van der Waals surface area contributed by atoms with Crippen LogP contribution < -0.4 is 15.8 Å². The number of aryl methyl sites for hydroxylation is 1. The number of amides is 1. The van der Waals surface area contributed by atoms with E-state index >= 15 is 0 Å². The Kier molecular flexibility index (Phi) is 5.04. The number of carbonyl (C=O) groups excluding carboxylic acids is 1. The number of hydrogen-bond acceptors (Lipinski definition) is 3. The molecule has 0 aromatic heterocycles. The smallest absolute Gasteiger partial charge is 0.255 e. The van der Waals surface area contributed by atoms with Crippen LogP contribution >= 0.6 is 0 Å². The molecule has 0 saturated carbocycles. The van der Waals surface area contributed by atoms with Crippen LogP contribution in [-0.4, -0.2) is 12.0 Å². The first kappa shape index (κ1) is 15.9. The molecule has 116 valence electrons. The molecule has 2 aromatic rings. The molecule has 0 unspecified atom stereocenters. The van der Waals surface area contributed by atoms with Gasteiger partial charge in [-0.05, 0) is 68.3 Å². The number of nitrogen functional groups attached to an aromatic ring is 1. The molecule has 0 saturated heterocycles. The highest BCUT2D eigenvalue weighted by Crippen LogP contribution is 2.20. The number of benzene rings is 2. The molecule has 3 N–H and O–H groups in total. The first-order valence-electron chi connectivity index (χ1n) is 7.43. The minimum Gasteiger partial charge on any atom is -0.491 e. The van der Waals surface area contributed by atoms with Gasteiger partial charge in [0.15, 0.2) is 0 Å². The Bertz CT molecular complexity index is 651. The molecule has 0 aliphatic heterocycles. The summed E-state index contributed by atoms with van der Waals surface area (Å²) in [6.45, 7) is 6.00. The van der Waals surface area contributed by atoms with Gasteiger partial charge < -0.3 is 15.8 Å². The lowest BCUT2D eigenvalue weighted by molar-refractivity contribution is 0.102. The molecule has 22 heavy (non-hydrogen) atoms. The van der Waals surface area contributed by atoms with E-state index in [1.165, 1.54) is 0 Å². The molecular weight excluding hydrogens is 276 g/mol. The van der Waals surface area contributed by atoms with Gasteiger partial charge in [0, 0.05) is 16.9 Å². The summed E-state index contributed by atoms with van der Waals surface area (Å²) in [5, 5.41) is 2.89. The largest absolute Gasteiger partial charge is 0.491 e. The van der Waals surface area contributed by atoms with Crippen molar-refractivity contribution in [1.82, 2.24) is 0 Å². The zero-order chi connectivity index (χ0) is 16.1. The van der Waals surface area contributed by atoms with E-state index in [1.54, 1.807) is 18.2 Å². The van der Waals surface area contributed by atoms with Crippen LogP contribution in [0, 0.1) is 6.92 Å². The van der Waals surface area contributed by atoms with Gasteiger partial charge in [0.2, 0.25) is 0 Å². The quantitative estimate of drug-likeness (QED) is 0.820. The lowest BCUT2D eigenvalue weighted by Crippen LogP contribution is -2.13. The fraction of sp³-hybridized carbons (Fsp3) is 0.278. The highest BCUT2D eigenvalue weighted by molar-refractivity contribution is 6.04. The summed E-state index contributed by atoms with van der Waals surface area (Å²) in [4.78, 5) is 12.3. The summed E-state index contributed by atoms with van der Waals surface area (Å²) < 4.78 is 5.70. The second kappa shape index (κ2) is 6.98. The molecule has 0 heterocycles. The second-order valence-corrected chi connectivity index (χ2v) is 5.39. The molecule has 0 fully saturated rings. The summed E-state index contributed by atoms with van der Waals surface area (Å²) in [5.41, 5.74) is 8.68. The van der Waals surface area contributed by atoms with Gasteiger partial charge >= 0.3 is 0 Å². The fourth-order valence-electron chi connectivity index (χ4n) is 2.02. The van der Waals surface area contributed by atoms with Crippen molar-refractivity contribution in [3.63, 3.8) is 0 Å². The highest BCUT2D eigenvalue weighted by Gasteiger charge is 2.09. The zero-order valence-corrected chi connectivity index (χ0v) is 13.2. The molecule has 0 radical (unpaired) electrons. The Balaban J connectivity index is 2.06. The van der Waals surface area contributed by atoms with Gasteiger partial charge in [-0.25, -0.2) is 0 Å². The standard InChI is InChI=1S/C18H22N2O2/c1-4-13(3)22-16-8-5-14(6-9-16)18(21)20-17-10-7-15(19)11-12(17)2/h5-11,13H,4,19H2,1-3H3,(H,20,21)/t13-/m0/s1. The number of hydrogen-bond donors (Lipinski definition) is 2. The number of anilines is 2. The van der Waals surface area contributed by atoms with Crippen molar-refractivity contribution >= 4 is 17.3 Å². The average molecular weight is 298 g/mol. The van der Waals surface area contributed by atoms with Gasteiger partial charge in [-0.1, -0.05) is 6.92 Å². The van der Waals surface area contributed by atoms with Crippen LogP contribution in [0.3, 0.4) is 0 Å². The Hall–Kier alpha value is -2.49. The fourth-order valence-corrected chi connectivity index (χ4v) is 2.02. The van der Waals surface area contributed by atoms with Crippen molar-refractivity contribution in [2.24, 2.45) is 0 Å². The van der Waals surface area contributed by atoms with E-state index in [9.17, 15) is 4.79 Å². The van der Waals surface area contributed by atoms with Gasteiger partial charge in [-0.2, -0.15) is 0 Å². The van der Waals surface area contributed by atoms with Crippen molar-refractivity contribution in [2.75, 3.05) is 11.1 Å². The van der Waals surface area contributed by atoms with Crippen LogP contribution in [0.5, 0.6) is 5.75 Å². The van der Waals surface area contributed by atoms with E-state index in [-0.39, 0.29) is 12.0 Å². The first-order chi connectivity index (χ1) is 10.5. The van der Waals surface area contributed by atoms with Gasteiger partial charge in [-0.3, -0.25) is 4.79 Å². The monoisotopic (exact) mass is 298 g/mol. The minimum absolute atomic E-state index is 0.150. The predicted octanol–water partition coefficient (Wildman–Crippen LogP) is 4.01. The van der Waals surface area contributed by atoms with E-state index < -0.39 is 0 Å². The van der Waals surface area contributed by atoms with Gasteiger partial charge in [0.1, 0.15) is 5.75 Å². The van der Waals surface area contributed by atoms with Crippen LogP contribution in [0.15, 0.2) is 42.5 Å². The first-order valence-corrected chi connectivity index (χ1v) is 7.43. The number of ether oxygens (including phenoxy) is 1. The summed E-state index contributed by atoms with van der Waals surface area (Å²) in [6, 6.07) is 12.6. The van der Waals surface area contributed by atoms with Crippen molar-refractivity contribution < 1.29 is 9.53 Å². The van der Waals surface area contributed by atoms with Crippen molar-refractivity contribution in [2.45, 2.75) is 33.3 Å². The molecule has 1 atom stereocenters. The van der Waals surface area contributed by atoms with Crippen LogP contribution in [0.25, 0.3) is 0 Å². The number of nitrogens with one attached hydrogen (secondary N) is 1. The maximum atomic E-state index is 12.3. The third kappa shape index (κ3) is 4.01. The molecule has 0 spiro atoms. The summed E-state index contributed by atoms with van der Waals surface area (Å²) >= 11 is 0. The summed E-state index contributed by atoms with van der Waals surface area (Å²) in [6.07, 6.45) is 1.11. The predicted molar refractivity (Wildman–Crippen MR) is 90.4 cm³/mol. The molecule has 4 nitrogen and oxygen atoms in total. The molecular formula is C18H22N2O2. The molecule has 0 bridgehead atoms. The average Bonchev–Trinajstić information content (AvgIpc) is 2.50. The van der Waals surface area contributed by atoms with E-state index in [0.29, 0.717) is 11.3 Å². The SMILES string of the molecule is CC[C@H](C)Oc1ccc(C(=O)Nc2ccc(N)cc2C)cc1. The Morgan fingerprint density at radius 1 is 1.23 bits per heavy atom. The molecule has 1 amide bonds. The molecule has 0 aliphatic carbocycles. The van der Waals surface area contributed by atoms with Crippen LogP contribution in [-0.2, 0) is 0 Å². The number of carbonyl (C=O) groups is 1. The van der Waals surface area contributed by atoms with Crippen molar-refractivity contribution in [3.8, 4) is 5.75 Å². The molecule has 2 aromatic carbocycles. The molecule has 0 aliphatic rings. The molecule has 4 heteroatoms. The molecule has 2 rings (SSSR count). The van der Waals surface area contributed by atoms with E-state index in [1.807, 2.05) is 38.1 Å². The minimum atomic E-state index is -0.150. The summed E-state index contributed by atoms with van der Waals surface area (Å²) in [7, 11) is 0. The number of nitrogens with two attached hydrogens (primary N) is 1. The summed E-state index contributed by atoms with van der Waals surface area (Å²) in [5.74, 6) is 0.623. The van der Waals surface area contributed by atoms with Crippen LogP contribution in [0.4, 0.5) is 11.4 Å². The van der Waals surface area contributed by atoms with Gasteiger partial charge in [0.05, 0.1) is 6.10 Å². The topological polar surface area (TPSA) is 64.3 Å². The van der Waals surface area contributed by atoms with Gasteiger partial charge in [-0.15, -0.1) is 0 Å². The Morgan fingerprint density at radius 2 is 1.91 bits per heavy atom. The lowest BCUT2D eigenvalue weighted by Gasteiger charge is -2.13. The Labute approximate surface area is 131 Å². The van der Waals surface area contributed by atoms with Gasteiger partial charge in [0.25, 0.3) is 5.91 Å². The lowest BCUT2D eigenvalue weighted by atomic mass is 10.1. The van der Waals surface area contributed by atoms with Crippen LogP contribution in [0.2, 0.25) is 0 Å². The third-order valence-electron chi connectivity index (χ3n) is 3.53. The van der Waals surface area contributed by atoms with E-state index in [0.717, 1.165) is 23.4 Å². The van der Waals surface area contributed by atoms with Crippen molar-refractivity contribution in [1.29, 1.82) is 0 Å². The zero-order valence-electron chi connectivity index (χ0n) is 13.2. The normalized spacial score (nSPS) is 11.8. The highest BCUT2D eigenvalue weighted by atomic mass is 16.5. The maximum absolute atomic E-state index is 12.3. The number of rotatable bonds is 5.